The fourth-order valence-electron chi connectivity index (χ4n) is 3.61. The molecule has 2 aromatic carbocycles. The van der Waals surface area contributed by atoms with Crippen molar-refractivity contribution in [2.24, 2.45) is 0 Å². The third-order valence-corrected chi connectivity index (χ3v) is 6.28. The number of hydrogen-bond donors (Lipinski definition) is 2. The summed E-state index contributed by atoms with van der Waals surface area (Å²) in [6, 6.07) is 20.0. The smallest absolute Gasteiger partial charge is 0.408 e. The van der Waals surface area contributed by atoms with Gasteiger partial charge >= 0.3 is 6.09 Å². The summed E-state index contributed by atoms with van der Waals surface area (Å²) >= 11 is 1.31. The number of Topliss-reactive ketones (excluding diaryl/α,β-unsaturated/α-hetero) is 1. The van der Waals surface area contributed by atoms with Crippen LogP contribution in [0.1, 0.15) is 21.1 Å². The summed E-state index contributed by atoms with van der Waals surface area (Å²) in [7, 11) is 0. The van der Waals surface area contributed by atoms with Crippen molar-refractivity contribution in [1.82, 2.24) is 20.3 Å². The Morgan fingerprint density at radius 1 is 1.06 bits per heavy atom. The van der Waals surface area contributed by atoms with Gasteiger partial charge in [-0.25, -0.2) is 9.78 Å². The minimum absolute atomic E-state index is 0.118. The van der Waals surface area contributed by atoms with Gasteiger partial charge in [0.1, 0.15) is 12.6 Å². The summed E-state index contributed by atoms with van der Waals surface area (Å²) in [5, 5.41) is 4.08. The van der Waals surface area contributed by atoms with E-state index in [-0.39, 0.29) is 18.8 Å². The number of H-pyrrole nitrogens is 1. The van der Waals surface area contributed by atoms with Crippen molar-refractivity contribution in [2.75, 3.05) is 0 Å². The molecule has 3 aromatic heterocycles. The number of carbonyl (C=O) groups is 2. The maximum Gasteiger partial charge on any atom is 0.408 e. The lowest BCUT2D eigenvalue weighted by atomic mass is 10.1. The van der Waals surface area contributed by atoms with Crippen molar-refractivity contribution < 1.29 is 14.3 Å². The van der Waals surface area contributed by atoms with Crippen molar-refractivity contribution in [3.8, 4) is 0 Å². The number of nitrogens with zero attached hydrogens (tertiary/aromatic N) is 2. The lowest BCUT2D eigenvalue weighted by molar-refractivity contribution is 0.0915. The Balaban J connectivity index is 1.37. The largest absolute Gasteiger partial charge is 0.445 e. The number of thiazole rings is 1. The number of ether oxygens (including phenoxy) is 1. The minimum atomic E-state index is -0.838. The van der Waals surface area contributed by atoms with Crippen LogP contribution in [0.25, 0.3) is 21.1 Å². The van der Waals surface area contributed by atoms with Crippen molar-refractivity contribution in [3.63, 3.8) is 0 Å². The predicted molar refractivity (Wildman–Crippen MR) is 127 cm³/mol. The molecule has 0 spiro atoms. The summed E-state index contributed by atoms with van der Waals surface area (Å²) in [4.78, 5) is 37.8. The van der Waals surface area contributed by atoms with Crippen LogP contribution in [-0.2, 0) is 17.8 Å². The highest BCUT2D eigenvalue weighted by Crippen LogP contribution is 2.24. The minimum Gasteiger partial charge on any atom is -0.445 e. The average molecular weight is 457 g/mol. The molecular weight excluding hydrogens is 436 g/mol. The third kappa shape index (κ3) is 4.75. The van der Waals surface area contributed by atoms with E-state index in [1.807, 2.05) is 66.7 Å². The number of pyridine rings is 1. The van der Waals surface area contributed by atoms with Gasteiger partial charge in [0, 0.05) is 23.7 Å². The first-order chi connectivity index (χ1) is 16.2. The van der Waals surface area contributed by atoms with Crippen molar-refractivity contribution in [2.45, 2.75) is 19.1 Å². The fourth-order valence-corrected chi connectivity index (χ4v) is 4.57. The highest BCUT2D eigenvalue weighted by Gasteiger charge is 2.26. The summed E-state index contributed by atoms with van der Waals surface area (Å²) in [6.07, 6.45) is 3.05. The van der Waals surface area contributed by atoms with Crippen LogP contribution in [0.4, 0.5) is 4.79 Å². The number of alkyl carbamates (subject to hydrolysis) is 1. The Labute approximate surface area is 193 Å². The van der Waals surface area contributed by atoms with E-state index >= 15 is 0 Å². The number of rotatable bonds is 7. The first-order valence-corrected chi connectivity index (χ1v) is 11.3. The van der Waals surface area contributed by atoms with E-state index in [4.69, 9.17) is 4.74 Å². The highest BCUT2D eigenvalue weighted by molar-refractivity contribution is 7.20. The molecule has 0 aliphatic rings. The predicted octanol–water partition coefficient (Wildman–Crippen LogP) is 4.89. The van der Waals surface area contributed by atoms with Gasteiger partial charge in [0.05, 0.1) is 21.9 Å². The lowest BCUT2D eigenvalue weighted by Gasteiger charge is -2.16. The Hall–Kier alpha value is -4.04. The van der Waals surface area contributed by atoms with Crippen LogP contribution < -0.4 is 5.32 Å². The standard InChI is InChI=1S/C25H20N4O3S/c30-23(24-28-19-8-4-5-9-22(19)33-24)20(13-18-12-17-10-11-26-14-21(17)27-18)29-25(31)32-15-16-6-2-1-3-7-16/h1-12,14,20,27H,13,15H2,(H,29,31)/t20-/m0/s1. The van der Waals surface area contributed by atoms with Crippen molar-refractivity contribution in [1.29, 1.82) is 0 Å². The van der Waals surface area contributed by atoms with Crippen LogP contribution in [0.15, 0.2) is 79.1 Å². The number of fused-ring (bicyclic) bond motifs is 2. The van der Waals surface area contributed by atoms with Crippen LogP contribution in [0.3, 0.4) is 0 Å². The molecule has 0 bridgehead atoms. The Kier molecular flexibility index (Phi) is 5.82. The maximum atomic E-state index is 13.4. The molecule has 8 heteroatoms. The molecule has 164 valence electrons. The van der Waals surface area contributed by atoms with Gasteiger partial charge in [0.15, 0.2) is 5.01 Å². The maximum absolute atomic E-state index is 13.4. The Morgan fingerprint density at radius 2 is 1.88 bits per heavy atom. The molecule has 2 N–H and O–H groups in total. The number of benzene rings is 2. The molecular formula is C25H20N4O3S. The number of hydrogen-bond acceptors (Lipinski definition) is 6. The van der Waals surface area contributed by atoms with Crippen LogP contribution >= 0.6 is 11.3 Å². The van der Waals surface area contributed by atoms with E-state index in [2.05, 4.69) is 20.3 Å². The zero-order valence-corrected chi connectivity index (χ0v) is 18.3. The number of carbonyl (C=O) groups excluding carboxylic acids is 2. The molecule has 5 rings (SSSR count). The molecule has 5 aromatic rings. The van der Waals surface area contributed by atoms with Gasteiger partial charge in [-0.05, 0) is 29.8 Å². The molecule has 0 aliphatic carbocycles. The summed E-state index contributed by atoms with van der Waals surface area (Å²) in [5.74, 6) is -0.260. The average Bonchev–Trinajstić information content (AvgIpc) is 3.46. The molecule has 0 unspecified atom stereocenters. The third-order valence-electron chi connectivity index (χ3n) is 5.23. The molecule has 0 radical (unpaired) electrons. The second-order valence-electron chi connectivity index (χ2n) is 7.57. The molecule has 0 fully saturated rings. The Bertz CT molecular complexity index is 1360. The molecule has 33 heavy (non-hydrogen) atoms. The van der Waals surface area contributed by atoms with Gasteiger partial charge in [0.25, 0.3) is 0 Å². The van der Waals surface area contributed by atoms with Gasteiger partial charge in [-0.3, -0.25) is 9.78 Å². The Morgan fingerprint density at radius 3 is 2.70 bits per heavy atom. The van der Waals surface area contributed by atoms with E-state index < -0.39 is 12.1 Å². The number of nitrogens with one attached hydrogen (secondary N) is 2. The quantitative estimate of drug-likeness (QED) is 0.340. The molecule has 7 nitrogen and oxygen atoms in total. The SMILES string of the molecule is O=C(N[C@@H](Cc1cc2ccncc2[nH]1)C(=O)c1nc2ccccc2s1)OCc1ccccc1. The molecule has 0 saturated carbocycles. The van der Waals surface area contributed by atoms with Gasteiger partial charge in [-0.2, -0.15) is 0 Å². The summed E-state index contributed by atoms with van der Waals surface area (Å²) in [6.45, 7) is 0.118. The van der Waals surface area contributed by atoms with Gasteiger partial charge in [-0.1, -0.05) is 42.5 Å². The van der Waals surface area contributed by atoms with Crippen LogP contribution in [-0.4, -0.2) is 32.9 Å². The number of aromatic amines is 1. The van der Waals surface area contributed by atoms with Crippen LogP contribution in [0.2, 0.25) is 0 Å². The number of aromatic nitrogens is 3. The highest BCUT2D eigenvalue weighted by atomic mass is 32.1. The van der Waals surface area contributed by atoms with E-state index in [9.17, 15) is 9.59 Å². The second kappa shape index (κ2) is 9.22. The molecule has 1 amide bonds. The number of ketones is 1. The molecule has 1 atom stereocenters. The zero-order chi connectivity index (χ0) is 22.6. The lowest BCUT2D eigenvalue weighted by Crippen LogP contribution is -2.42. The van der Waals surface area contributed by atoms with Crippen LogP contribution in [0, 0.1) is 0 Å². The molecule has 0 aliphatic heterocycles. The van der Waals surface area contributed by atoms with E-state index in [0.29, 0.717) is 5.01 Å². The van der Waals surface area contributed by atoms with E-state index in [1.165, 1.54) is 11.3 Å². The fraction of sp³-hybridized carbons (Fsp3) is 0.120. The van der Waals surface area contributed by atoms with Crippen LogP contribution in [0.5, 0.6) is 0 Å². The summed E-state index contributed by atoms with van der Waals surface area (Å²) in [5.41, 5.74) is 3.30. The first kappa shape index (κ1) is 20.8. The number of amides is 1. The normalized spacial score (nSPS) is 12.0. The summed E-state index contributed by atoms with van der Waals surface area (Å²) < 4.78 is 6.28. The zero-order valence-electron chi connectivity index (χ0n) is 17.5. The first-order valence-electron chi connectivity index (χ1n) is 10.4. The van der Waals surface area contributed by atoms with E-state index in [0.717, 1.165) is 32.4 Å². The van der Waals surface area contributed by atoms with Gasteiger partial charge < -0.3 is 15.0 Å². The monoisotopic (exact) mass is 456 g/mol. The van der Waals surface area contributed by atoms with E-state index in [1.54, 1.807) is 12.4 Å². The van der Waals surface area contributed by atoms with Crippen molar-refractivity contribution in [3.05, 3.63) is 95.4 Å². The topological polar surface area (TPSA) is 97.0 Å². The number of para-hydroxylation sites is 1. The van der Waals surface area contributed by atoms with Crippen molar-refractivity contribution >= 4 is 44.3 Å². The molecule has 3 heterocycles. The second-order valence-corrected chi connectivity index (χ2v) is 8.60. The van der Waals surface area contributed by atoms with Gasteiger partial charge in [0.2, 0.25) is 5.78 Å². The molecule has 0 saturated heterocycles. The van der Waals surface area contributed by atoms with Gasteiger partial charge in [-0.15, -0.1) is 11.3 Å².